The highest BCUT2D eigenvalue weighted by Gasteiger charge is 2.17. The van der Waals surface area contributed by atoms with Crippen LogP contribution >= 0.6 is 0 Å². The number of esters is 2. The second-order valence-electron chi connectivity index (χ2n) is 10.1. The van der Waals surface area contributed by atoms with E-state index >= 15 is 0 Å². The van der Waals surface area contributed by atoms with Crippen LogP contribution in [0, 0.1) is 0 Å². The molecular formula is C33H48O5. The van der Waals surface area contributed by atoms with Crippen molar-refractivity contribution < 1.29 is 23.8 Å². The fourth-order valence-electron chi connectivity index (χ4n) is 4.31. The Morgan fingerprint density at radius 1 is 0.579 bits per heavy atom. The predicted molar refractivity (Wildman–Crippen MR) is 154 cm³/mol. The first-order chi connectivity index (χ1) is 18.6. The van der Waals surface area contributed by atoms with Crippen molar-refractivity contribution in [3.05, 3.63) is 59.7 Å². The predicted octanol–water partition coefficient (Wildman–Crippen LogP) is 9.33. The molecule has 0 spiro atoms. The topological polar surface area (TPSA) is 61.8 Å². The zero-order valence-electron chi connectivity index (χ0n) is 23.8. The summed E-state index contributed by atoms with van der Waals surface area (Å²) in [6.45, 7) is 7.26. The van der Waals surface area contributed by atoms with Gasteiger partial charge < -0.3 is 14.2 Å². The maximum absolute atomic E-state index is 12.8. The van der Waals surface area contributed by atoms with Gasteiger partial charge in [0.05, 0.1) is 17.7 Å². The number of rotatable bonds is 20. The summed E-state index contributed by atoms with van der Waals surface area (Å²) in [6, 6.07) is 13.6. The molecule has 0 amide bonds. The lowest BCUT2D eigenvalue weighted by Crippen LogP contribution is -2.18. The van der Waals surface area contributed by atoms with E-state index in [1.54, 1.807) is 48.5 Å². The van der Waals surface area contributed by atoms with Gasteiger partial charge in [0, 0.05) is 0 Å². The molecule has 0 aliphatic carbocycles. The fraction of sp³-hybridized carbons (Fsp3) is 0.576. The smallest absolute Gasteiger partial charge is 0.343 e. The molecule has 2 aromatic carbocycles. The highest BCUT2D eigenvalue weighted by atomic mass is 16.5. The van der Waals surface area contributed by atoms with Gasteiger partial charge in [-0.2, -0.15) is 0 Å². The van der Waals surface area contributed by atoms with Crippen molar-refractivity contribution in [1.29, 1.82) is 0 Å². The van der Waals surface area contributed by atoms with Crippen molar-refractivity contribution in [2.75, 3.05) is 6.61 Å². The van der Waals surface area contributed by atoms with Gasteiger partial charge in [0.2, 0.25) is 0 Å². The lowest BCUT2D eigenvalue weighted by molar-refractivity contribution is 0.0249. The van der Waals surface area contributed by atoms with Crippen LogP contribution in [0.1, 0.15) is 131 Å². The quantitative estimate of drug-likeness (QED) is 0.0981. The minimum Gasteiger partial charge on any atom is -0.494 e. The van der Waals surface area contributed by atoms with Gasteiger partial charge in [-0.25, -0.2) is 9.59 Å². The van der Waals surface area contributed by atoms with Crippen molar-refractivity contribution in [2.24, 2.45) is 0 Å². The maximum atomic E-state index is 12.8. The average Bonchev–Trinajstić information content (AvgIpc) is 2.93. The van der Waals surface area contributed by atoms with E-state index in [0.717, 1.165) is 44.3 Å². The summed E-state index contributed by atoms with van der Waals surface area (Å²) in [6.07, 6.45) is 15.7. The molecule has 5 heteroatoms. The van der Waals surface area contributed by atoms with Crippen LogP contribution in [0.4, 0.5) is 0 Å². The summed E-state index contributed by atoms with van der Waals surface area (Å²) in [5, 5.41) is 0. The maximum Gasteiger partial charge on any atom is 0.343 e. The Labute approximate surface area is 230 Å². The van der Waals surface area contributed by atoms with Crippen LogP contribution in [-0.2, 0) is 4.74 Å². The normalized spacial score (nSPS) is 10.9. The summed E-state index contributed by atoms with van der Waals surface area (Å²) >= 11 is 0. The monoisotopic (exact) mass is 524 g/mol. The minimum absolute atomic E-state index is 0.0444. The molecule has 0 unspecified atom stereocenters. The van der Waals surface area contributed by atoms with Gasteiger partial charge >= 0.3 is 11.9 Å². The number of ether oxygens (including phenoxy) is 3. The number of hydrogen-bond acceptors (Lipinski definition) is 5. The largest absolute Gasteiger partial charge is 0.494 e. The molecule has 0 heterocycles. The van der Waals surface area contributed by atoms with E-state index in [0.29, 0.717) is 23.5 Å². The van der Waals surface area contributed by atoms with Crippen molar-refractivity contribution in [1.82, 2.24) is 0 Å². The second-order valence-corrected chi connectivity index (χ2v) is 10.1. The van der Waals surface area contributed by atoms with Gasteiger partial charge in [-0.05, 0) is 80.6 Å². The SMILES string of the molecule is CCCCCCOc1ccc(C(=O)Oc2ccc(C(=O)OC(CCCCCC)CCCCCC)cc2)cc1. The molecule has 0 atom stereocenters. The van der Waals surface area contributed by atoms with E-state index in [1.165, 1.54) is 51.4 Å². The van der Waals surface area contributed by atoms with Crippen molar-refractivity contribution in [2.45, 2.75) is 117 Å². The summed E-state index contributed by atoms with van der Waals surface area (Å²) in [4.78, 5) is 25.4. The van der Waals surface area contributed by atoms with Gasteiger partial charge in [-0.1, -0.05) is 78.6 Å². The van der Waals surface area contributed by atoms with Crippen LogP contribution in [-0.4, -0.2) is 24.6 Å². The van der Waals surface area contributed by atoms with E-state index in [9.17, 15) is 9.59 Å². The average molecular weight is 525 g/mol. The Balaban J connectivity index is 1.85. The summed E-state index contributed by atoms with van der Waals surface area (Å²) in [5.41, 5.74) is 0.915. The Morgan fingerprint density at radius 2 is 1.05 bits per heavy atom. The molecule has 0 saturated carbocycles. The van der Waals surface area contributed by atoms with E-state index in [4.69, 9.17) is 14.2 Å². The zero-order valence-corrected chi connectivity index (χ0v) is 23.8. The van der Waals surface area contributed by atoms with E-state index in [-0.39, 0.29) is 12.1 Å². The molecule has 0 fully saturated rings. The van der Waals surface area contributed by atoms with E-state index in [2.05, 4.69) is 20.8 Å². The van der Waals surface area contributed by atoms with Crippen LogP contribution in [0.15, 0.2) is 48.5 Å². The first-order valence-corrected chi connectivity index (χ1v) is 14.8. The first-order valence-electron chi connectivity index (χ1n) is 14.8. The summed E-state index contributed by atoms with van der Waals surface area (Å²) in [7, 11) is 0. The fourth-order valence-corrected chi connectivity index (χ4v) is 4.31. The van der Waals surface area contributed by atoms with Crippen LogP contribution in [0.2, 0.25) is 0 Å². The van der Waals surface area contributed by atoms with E-state index < -0.39 is 5.97 Å². The number of carbonyl (C=O) groups excluding carboxylic acids is 2. The van der Waals surface area contributed by atoms with Crippen molar-refractivity contribution in [3.63, 3.8) is 0 Å². The number of carbonyl (C=O) groups is 2. The standard InChI is InChI=1S/C33H48O5/c1-4-7-10-13-16-30(17-14-11-8-5-2)37-32(34)28-20-24-31(25-21-28)38-33(35)27-18-22-29(23-19-27)36-26-15-12-9-6-3/h18-25,30H,4-17,26H2,1-3H3. The number of hydrogen-bond donors (Lipinski definition) is 0. The Kier molecular flexibility index (Phi) is 15.9. The van der Waals surface area contributed by atoms with Gasteiger partial charge in [-0.15, -0.1) is 0 Å². The highest BCUT2D eigenvalue weighted by Crippen LogP contribution is 2.20. The molecule has 0 aromatic heterocycles. The third kappa shape index (κ3) is 12.6. The molecule has 210 valence electrons. The molecule has 0 N–H and O–H groups in total. The van der Waals surface area contributed by atoms with Gasteiger partial charge in [0.15, 0.2) is 0 Å². The molecule has 2 aromatic rings. The zero-order chi connectivity index (χ0) is 27.4. The Hall–Kier alpha value is -2.82. The van der Waals surface area contributed by atoms with Crippen LogP contribution in [0.25, 0.3) is 0 Å². The highest BCUT2D eigenvalue weighted by molar-refractivity contribution is 5.92. The molecule has 0 aliphatic heterocycles. The lowest BCUT2D eigenvalue weighted by atomic mass is 10.0. The Morgan fingerprint density at radius 3 is 1.58 bits per heavy atom. The van der Waals surface area contributed by atoms with Crippen molar-refractivity contribution >= 4 is 11.9 Å². The lowest BCUT2D eigenvalue weighted by Gasteiger charge is -2.18. The summed E-state index contributed by atoms with van der Waals surface area (Å²) in [5.74, 6) is 0.367. The molecule has 0 aliphatic rings. The van der Waals surface area contributed by atoms with Gasteiger partial charge in [0.1, 0.15) is 17.6 Å². The molecule has 38 heavy (non-hydrogen) atoms. The van der Waals surface area contributed by atoms with E-state index in [1.807, 2.05) is 0 Å². The van der Waals surface area contributed by atoms with Crippen LogP contribution in [0.5, 0.6) is 11.5 Å². The number of benzene rings is 2. The molecule has 2 rings (SSSR count). The third-order valence-corrected chi connectivity index (χ3v) is 6.69. The summed E-state index contributed by atoms with van der Waals surface area (Å²) < 4.78 is 17.1. The van der Waals surface area contributed by atoms with Gasteiger partial charge in [-0.3, -0.25) is 0 Å². The van der Waals surface area contributed by atoms with Crippen LogP contribution in [0.3, 0.4) is 0 Å². The molecule has 0 saturated heterocycles. The number of unbranched alkanes of at least 4 members (excludes halogenated alkanes) is 9. The second kappa shape index (κ2) is 19.3. The Bertz CT molecular complexity index is 892. The van der Waals surface area contributed by atoms with Crippen molar-refractivity contribution in [3.8, 4) is 11.5 Å². The molecule has 5 nitrogen and oxygen atoms in total. The minimum atomic E-state index is -0.450. The molecule has 0 bridgehead atoms. The first kappa shape index (κ1) is 31.4. The van der Waals surface area contributed by atoms with Crippen LogP contribution < -0.4 is 9.47 Å². The van der Waals surface area contributed by atoms with Gasteiger partial charge in [0.25, 0.3) is 0 Å². The molecular weight excluding hydrogens is 476 g/mol. The third-order valence-electron chi connectivity index (χ3n) is 6.69. The molecule has 0 radical (unpaired) electrons.